The van der Waals surface area contributed by atoms with Crippen LogP contribution in [0.25, 0.3) is 11.1 Å². The summed E-state index contributed by atoms with van der Waals surface area (Å²) in [5.41, 5.74) is 4.62. The standard InChI is InChI=1S/C20H24IN5/c1-14(23-20-11-19(8-5-9-21)24-15(2)25-20)16-6-4-7-17(10-16)18-12-22-26(3)13-18/h4,6-7,10-14H,5,8-9H2,1-3H3,(H,23,24,25)/t14-/m0/s1. The van der Waals surface area contributed by atoms with Crippen molar-refractivity contribution in [2.45, 2.75) is 32.7 Å². The molecule has 3 aromatic rings. The quantitative estimate of drug-likeness (QED) is 0.409. The molecule has 0 unspecified atom stereocenters. The molecule has 0 saturated heterocycles. The molecular weight excluding hydrogens is 437 g/mol. The number of alkyl halides is 1. The number of benzene rings is 1. The molecule has 0 aliphatic carbocycles. The Bertz CT molecular complexity index is 874. The molecule has 0 radical (unpaired) electrons. The fourth-order valence-corrected chi connectivity index (χ4v) is 3.32. The minimum Gasteiger partial charge on any atom is -0.363 e. The Morgan fingerprint density at radius 1 is 1.19 bits per heavy atom. The minimum atomic E-state index is 0.151. The van der Waals surface area contributed by atoms with Gasteiger partial charge in [0.25, 0.3) is 0 Å². The lowest BCUT2D eigenvalue weighted by Gasteiger charge is -2.17. The third-order valence-corrected chi connectivity index (χ3v) is 5.01. The molecule has 0 aliphatic heterocycles. The number of anilines is 1. The van der Waals surface area contributed by atoms with Crippen molar-refractivity contribution in [3.05, 3.63) is 59.8 Å². The highest BCUT2D eigenvalue weighted by molar-refractivity contribution is 14.1. The van der Waals surface area contributed by atoms with E-state index in [1.165, 1.54) is 11.1 Å². The van der Waals surface area contributed by atoms with Gasteiger partial charge in [-0.05, 0) is 48.3 Å². The zero-order valence-corrected chi connectivity index (χ0v) is 17.6. The summed E-state index contributed by atoms with van der Waals surface area (Å²) in [6.07, 6.45) is 6.06. The first-order valence-corrected chi connectivity index (χ1v) is 10.3. The van der Waals surface area contributed by atoms with Crippen LogP contribution in [0.15, 0.2) is 42.7 Å². The van der Waals surface area contributed by atoms with E-state index in [0.29, 0.717) is 0 Å². The molecule has 1 aromatic carbocycles. The fourth-order valence-electron chi connectivity index (χ4n) is 2.94. The van der Waals surface area contributed by atoms with Gasteiger partial charge < -0.3 is 5.32 Å². The summed E-state index contributed by atoms with van der Waals surface area (Å²) < 4.78 is 2.96. The van der Waals surface area contributed by atoms with Crippen LogP contribution in [-0.2, 0) is 13.5 Å². The molecule has 0 fully saturated rings. The van der Waals surface area contributed by atoms with E-state index in [1.807, 2.05) is 31.0 Å². The highest BCUT2D eigenvalue weighted by atomic mass is 127. The average Bonchev–Trinajstić information content (AvgIpc) is 3.06. The predicted molar refractivity (Wildman–Crippen MR) is 115 cm³/mol. The van der Waals surface area contributed by atoms with Gasteiger partial charge in [0.1, 0.15) is 11.6 Å². The maximum Gasteiger partial charge on any atom is 0.130 e. The third-order valence-electron chi connectivity index (χ3n) is 4.25. The van der Waals surface area contributed by atoms with Crippen LogP contribution in [0.5, 0.6) is 0 Å². The highest BCUT2D eigenvalue weighted by Gasteiger charge is 2.10. The van der Waals surface area contributed by atoms with Crippen LogP contribution in [0.1, 0.15) is 36.5 Å². The molecule has 0 bridgehead atoms. The van der Waals surface area contributed by atoms with E-state index in [9.17, 15) is 0 Å². The number of aryl methyl sites for hydroxylation is 3. The van der Waals surface area contributed by atoms with E-state index in [2.05, 4.69) is 80.2 Å². The first-order valence-electron chi connectivity index (χ1n) is 8.81. The Balaban J connectivity index is 1.78. The van der Waals surface area contributed by atoms with Crippen LogP contribution in [0, 0.1) is 6.92 Å². The average molecular weight is 461 g/mol. The third kappa shape index (κ3) is 4.81. The second kappa shape index (κ2) is 8.62. The topological polar surface area (TPSA) is 55.6 Å². The molecule has 0 spiro atoms. The molecule has 0 saturated carbocycles. The van der Waals surface area contributed by atoms with Crippen molar-refractivity contribution in [3.63, 3.8) is 0 Å². The number of rotatable bonds is 7. The molecular formula is C20H24IN5. The number of nitrogens with zero attached hydrogens (tertiary/aromatic N) is 4. The van der Waals surface area contributed by atoms with Gasteiger partial charge in [0.15, 0.2) is 0 Å². The number of nitrogens with one attached hydrogen (secondary N) is 1. The van der Waals surface area contributed by atoms with Crippen molar-refractivity contribution < 1.29 is 0 Å². The lowest BCUT2D eigenvalue weighted by Crippen LogP contribution is -2.10. The largest absolute Gasteiger partial charge is 0.363 e. The Kier molecular flexibility index (Phi) is 6.24. The van der Waals surface area contributed by atoms with E-state index >= 15 is 0 Å². The van der Waals surface area contributed by atoms with Crippen molar-refractivity contribution in [2.75, 3.05) is 9.74 Å². The van der Waals surface area contributed by atoms with Crippen molar-refractivity contribution in [3.8, 4) is 11.1 Å². The van der Waals surface area contributed by atoms with Gasteiger partial charge in [0, 0.05) is 36.6 Å². The monoisotopic (exact) mass is 461 g/mol. The summed E-state index contributed by atoms with van der Waals surface area (Å²) in [4.78, 5) is 9.10. The van der Waals surface area contributed by atoms with Crippen molar-refractivity contribution in [1.29, 1.82) is 0 Å². The Morgan fingerprint density at radius 2 is 2.04 bits per heavy atom. The van der Waals surface area contributed by atoms with E-state index in [-0.39, 0.29) is 6.04 Å². The van der Waals surface area contributed by atoms with E-state index in [0.717, 1.165) is 40.2 Å². The summed E-state index contributed by atoms with van der Waals surface area (Å²) in [6, 6.07) is 10.8. The van der Waals surface area contributed by atoms with Gasteiger partial charge in [-0.2, -0.15) is 5.10 Å². The molecule has 3 rings (SSSR count). The molecule has 1 atom stereocenters. The maximum absolute atomic E-state index is 4.55. The fraction of sp³-hybridized carbons (Fsp3) is 0.350. The zero-order chi connectivity index (χ0) is 18.5. The molecule has 0 amide bonds. The first-order chi connectivity index (χ1) is 12.5. The molecule has 2 heterocycles. The molecule has 26 heavy (non-hydrogen) atoms. The number of hydrogen-bond donors (Lipinski definition) is 1. The smallest absolute Gasteiger partial charge is 0.130 e. The molecule has 2 aromatic heterocycles. The van der Waals surface area contributed by atoms with E-state index < -0.39 is 0 Å². The van der Waals surface area contributed by atoms with Gasteiger partial charge in [-0.1, -0.05) is 40.8 Å². The molecule has 5 nitrogen and oxygen atoms in total. The molecule has 136 valence electrons. The first kappa shape index (κ1) is 18.8. The van der Waals surface area contributed by atoms with Gasteiger partial charge >= 0.3 is 0 Å². The Hall–Kier alpha value is -1.96. The molecule has 0 aliphatic rings. The van der Waals surface area contributed by atoms with E-state index in [4.69, 9.17) is 0 Å². The Morgan fingerprint density at radius 3 is 2.77 bits per heavy atom. The number of hydrogen-bond acceptors (Lipinski definition) is 4. The van der Waals surface area contributed by atoms with Crippen LogP contribution in [-0.4, -0.2) is 24.2 Å². The zero-order valence-electron chi connectivity index (χ0n) is 15.4. The molecule has 1 N–H and O–H groups in total. The van der Waals surface area contributed by atoms with Gasteiger partial charge in [-0.15, -0.1) is 0 Å². The summed E-state index contributed by atoms with van der Waals surface area (Å²) in [7, 11) is 1.94. The summed E-state index contributed by atoms with van der Waals surface area (Å²) in [5.74, 6) is 1.70. The van der Waals surface area contributed by atoms with Crippen LogP contribution >= 0.6 is 22.6 Å². The number of halogens is 1. The maximum atomic E-state index is 4.55. The highest BCUT2D eigenvalue weighted by Crippen LogP contribution is 2.25. The van der Waals surface area contributed by atoms with Crippen molar-refractivity contribution in [1.82, 2.24) is 19.7 Å². The van der Waals surface area contributed by atoms with Crippen LogP contribution in [0.3, 0.4) is 0 Å². The van der Waals surface area contributed by atoms with E-state index in [1.54, 1.807) is 0 Å². The van der Waals surface area contributed by atoms with Crippen LogP contribution < -0.4 is 5.32 Å². The lowest BCUT2D eigenvalue weighted by atomic mass is 10.0. The number of aromatic nitrogens is 4. The van der Waals surface area contributed by atoms with Crippen molar-refractivity contribution in [2.24, 2.45) is 7.05 Å². The summed E-state index contributed by atoms with van der Waals surface area (Å²) >= 11 is 2.40. The summed E-state index contributed by atoms with van der Waals surface area (Å²) in [5, 5.41) is 7.79. The lowest BCUT2D eigenvalue weighted by molar-refractivity contribution is 0.768. The van der Waals surface area contributed by atoms with Crippen molar-refractivity contribution >= 4 is 28.4 Å². The normalized spacial score (nSPS) is 12.2. The predicted octanol–water partition coefficient (Wildman–Crippen LogP) is 4.73. The second-order valence-electron chi connectivity index (χ2n) is 6.48. The van der Waals surface area contributed by atoms with Crippen LogP contribution in [0.4, 0.5) is 5.82 Å². The second-order valence-corrected chi connectivity index (χ2v) is 7.56. The van der Waals surface area contributed by atoms with Crippen LogP contribution in [0.2, 0.25) is 0 Å². The van der Waals surface area contributed by atoms with Gasteiger partial charge in [-0.25, -0.2) is 9.97 Å². The van der Waals surface area contributed by atoms with Gasteiger partial charge in [-0.3, -0.25) is 4.68 Å². The Labute approximate surface area is 168 Å². The summed E-state index contributed by atoms with van der Waals surface area (Å²) in [6.45, 7) is 4.11. The SMILES string of the molecule is Cc1nc(CCCI)cc(N[C@@H](C)c2cccc(-c3cnn(C)c3)c2)n1. The van der Waals surface area contributed by atoms with Gasteiger partial charge in [0.05, 0.1) is 6.20 Å². The minimum absolute atomic E-state index is 0.151. The molecule has 6 heteroatoms. The van der Waals surface area contributed by atoms with Gasteiger partial charge in [0.2, 0.25) is 0 Å².